The van der Waals surface area contributed by atoms with Crippen molar-refractivity contribution in [2.24, 2.45) is 4.99 Å². The van der Waals surface area contributed by atoms with E-state index in [0.29, 0.717) is 6.54 Å². The highest BCUT2D eigenvalue weighted by Gasteiger charge is 2.13. The summed E-state index contributed by atoms with van der Waals surface area (Å²) in [6.07, 6.45) is 0. The first-order valence-electron chi connectivity index (χ1n) is 10.7. The van der Waals surface area contributed by atoms with Gasteiger partial charge in [-0.15, -0.1) is 0 Å². The van der Waals surface area contributed by atoms with E-state index < -0.39 is 0 Å². The molecule has 1 unspecified atom stereocenters. The predicted molar refractivity (Wildman–Crippen MR) is 122 cm³/mol. The number of rotatable bonds is 7. The molecule has 0 radical (unpaired) electrons. The van der Waals surface area contributed by atoms with Crippen molar-refractivity contribution >= 4 is 5.96 Å². The number of piperazine rings is 1. The number of guanidine groups is 1. The molecule has 1 saturated heterocycles. The molecule has 3 rings (SSSR count). The Morgan fingerprint density at radius 3 is 2.28 bits per heavy atom. The Bertz CT molecular complexity index is 749. The molecule has 0 bridgehead atoms. The lowest BCUT2D eigenvalue weighted by Crippen LogP contribution is -2.43. The lowest BCUT2D eigenvalue weighted by atomic mass is 10.1. The highest BCUT2D eigenvalue weighted by molar-refractivity contribution is 5.80. The molecule has 2 aromatic carbocycles. The summed E-state index contributed by atoms with van der Waals surface area (Å²) >= 11 is 0. The average molecular weight is 394 g/mol. The molecule has 0 aliphatic carbocycles. The number of nitrogens with one attached hydrogen (secondary N) is 2. The maximum atomic E-state index is 4.78. The highest BCUT2D eigenvalue weighted by Crippen LogP contribution is 2.12. The van der Waals surface area contributed by atoms with Crippen LogP contribution in [0.3, 0.4) is 0 Å². The SMILES string of the molecule is CCNC(=NCc1ccc(CN2CCN(C)CC2)cc1)NC(C)c1ccccc1. The molecule has 0 amide bonds. The molecule has 0 spiro atoms. The largest absolute Gasteiger partial charge is 0.357 e. The van der Waals surface area contributed by atoms with Crippen LogP contribution < -0.4 is 10.6 Å². The van der Waals surface area contributed by atoms with Crippen LogP contribution in [0.25, 0.3) is 0 Å². The van der Waals surface area contributed by atoms with Crippen molar-refractivity contribution in [3.8, 4) is 0 Å². The van der Waals surface area contributed by atoms with Gasteiger partial charge in [0.1, 0.15) is 0 Å². The summed E-state index contributed by atoms with van der Waals surface area (Å²) in [4.78, 5) is 9.71. The van der Waals surface area contributed by atoms with E-state index in [4.69, 9.17) is 4.99 Å². The van der Waals surface area contributed by atoms with E-state index in [0.717, 1.165) is 45.2 Å². The van der Waals surface area contributed by atoms with Gasteiger partial charge in [-0.2, -0.15) is 0 Å². The molecule has 2 aromatic rings. The second-order valence-corrected chi connectivity index (χ2v) is 7.87. The van der Waals surface area contributed by atoms with E-state index in [1.54, 1.807) is 0 Å². The van der Waals surface area contributed by atoms with Gasteiger partial charge in [-0.1, -0.05) is 54.6 Å². The molecular weight excluding hydrogens is 358 g/mol. The first kappa shape index (κ1) is 21.3. The minimum Gasteiger partial charge on any atom is -0.357 e. The molecule has 1 atom stereocenters. The van der Waals surface area contributed by atoms with Gasteiger partial charge < -0.3 is 15.5 Å². The third-order valence-electron chi connectivity index (χ3n) is 5.44. The van der Waals surface area contributed by atoms with E-state index >= 15 is 0 Å². The van der Waals surface area contributed by atoms with Gasteiger partial charge in [-0.25, -0.2) is 4.99 Å². The van der Waals surface area contributed by atoms with Gasteiger partial charge in [0.25, 0.3) is 0 Å². The second-order valence-electron chi connectivity index (χ2n) is 7.87. The van der Waals surface area contributed by atoms with Crippen LogP contribution in [0.1, 0.15) is 36.6 Å². The Morgan fingerprint density at radius 1 is 0.966 bits per heavy atom. The molecular formula is C24H35N5. The van der Waals surface area contributed by atoms with Crippen LogP contribution in [0.4, 0.5) is 0 Å². The van der Waals surface area contributed by atoms with Crippen molar-refractivity contribution in [1.82, 2.24) is 20.4 Å². The number of nitrogens with zero attached hydrogens (tertiary/aromatic N) is 3. The minimum atomic E-state index is 0.208. The molecule has 1 aliphatic rings. The zero-order valence-electron chi connectivity index (χ0n) is 18.1. The number of hydrogen-bond donors (Lipinski definition) is 2. The smallest absolute Gasteiger partial charge is 0.192 e. The van der Waals surface area contributed by atoms with Gasteiger partial charge in [-0.05, 0) is 37.6 Å². The first-order chi connectivity index (χ1) is 14.1. The molecule has 5 heteroatoms. The van der Waals surface area contributed by atoms with Gasteiger partial charge in [0.05, 0.1) is 12.6 Å². The summed E-state index contributed by atoms with van der Waals surface area (Å²) in [6.45, 7) is 11.4. The lowest BCUT2D eigenvalue weighted by molar-refractivity contribution is 0.148. The van der Waals surface area contributed by atoms with Crippen LogP contribution in [0.5, 0.6) is 0 Å². The Hall–Kier alpha value is -2.37. The van der Waals surface area contributed by atoms with Gasteiger partial charge >= 0.3 is 0 Å². The third-order valence-corrected chi connectivity index (χ3v) is 5.44. The zero-order valence-corrected chi connectivity index (χ0v) is 18.1. The van der Waals surface area contributed by atoms with E-state index in [-0.39, 0.29) is 6.04 Å². The fourth-order valence-corrected chi connectivity index (χ4v) is 3.53. The second kappa shape index (κ2) is 11.0. The van der Waals surface area contributed by atoms with Crippen LogP contribution in [-0.4, -0.2) is 55.5 Å². The summed E-state index contributed by atoms with van der Waals surface area (Å²) in [7, 11) is 2.20. The zero-order chi connectivity index (χ0) is 20.5. The summed E-state index contributed by atoms with van der Waals surface area (Å²) < 4.78 is 0. The van der Waals surface area contributed by atoms with Gasteiger partial charge in [0.15, 0.2) is 5.96 Å². The summed E-state index contributed by atoms with van der Waals surface area (Å²) in [5.74, 6) is 0.852. The van der Waals surface area contributed by atoms with Gasteiger partial charge in [0.2, 0.25) is 0 Å². The summed E-state index contributed by atoms with van der Waals surface area (Å²) in [5.41, 5.74) is 3.87. The molecule has 5 nitrogen and oxygen atoms in total. The Kier molecular flexibility index (Phi) is 8.08. The van der Waals surface area contributed by atoms with Crippen LogP contribution in [0, 0.1) is 0 Å². The molecule has 156 valence electrons. The molecule has 1 heterocycles. The van der Waals surface area contributed by atoms with Crippen molar-refractivity contribution in [2.75, 3.05) is 39.8 Å². The van der Waals surface area contributed by atoms with E-state index in [1.165, 1.54) is 16.7 Å². The van der Waals surface area contributed by atoms with Crippen molar-refractivity contribution in [3.63, 3.8) is 0 Å². The van der Waals surface area contributed by atoms with E-state index in [1.807, 2.05) is 6.07 Å². The first-order valence-corrected chi connectivity index (χ1v) is 10.7. The Labute approximate surface area is 175 Å². The Balaban J connectivity index is 1.54. The van der Waals surface area contributed by atoms with Crippen LogP contribution >= 0.6 is 0 Å². The topological polar surface area (TPSA) is 42.9 Å². The average Bonchev–Trinajstić information content (AvgIpc) is 2.75. The maximum absolute atomic E-state index is 4.78. The molecule has 1 fully saturated rings. The van der Waals surface area contributed by atoms with Crippen LogP contribution in [-0.2, 0) is 13.1 Å². The predicted octanol–water partition coefficient (Wildman–Crippen LogP) is 3.25. The standard InChI is InChI=1S/C24H35N5/c1-4-25-24(27-20(2)23-8-6-5-7-9-23)26-18-21-10-12-22(13-11-21)19-29-16-14-28(3)15-17-29/h5-13,20H,4,14-19H2,1-3H3,(H2,25,26,27). The third kappa shape index (κ3) is 6.87. The monoisotopic (exact) mass is 393 g/mol. The molecule has 0 saturated carbocycles. The highest BCUT2D eigenvalue weighted by atomic mass is 15.2. The van der Waals surface area contributed by atoms with Crippen molar-refractivity contribution in [1.29, 1.82) is 0 Å². The van der Waals surface area contributed by atoms with Crippen molar-refractivity contribution < 1.29 is 0 Å². The van der Waals surface area contributed by atoms with Crippen molar-refractivity contribution in [2.45, 2.75) is 33.0 Å². The normalized spacial score (nSPS) is 17.1. The lowest BCUT2D eigenvalue weighted by Gasteiger charge is -2.32. The number of hydrogen-bond acceptors (Lipinski definition) is 3. The number of benzene rings is 2. The maximum Gasteiger partial charge on any atom is 0.192 e. The number of likely N-dealkylation sites (N-methyl/N-ethyl adjacent to an activating group) is 1. The van der Waals surface area contributed by atoms with E-state index in [9.17, 15) is 0 Å². The molecule has 29 heavy (non-hydrogen) atoms. The summed E-state index contributed by atoms with van der Waals surface area (Å²) in [5, 5.41) is 6.85. The van der Waals surface area contributed by atoms with Crippen LogP contribution in [0.2, 0.25) is 0 Å². The molecule has 0 aromatic heterocycles. The quantitative estimate of drug-likeness (QED) is 0.560. The summed E-state index contributed by atoms with van der Waals surface area (Å²) in [6, 6.07) is 19.6. The molecule has 2 N–H and O–H groups in total. The van der Waals surface area contributed by atoms with Crippen molar-refractivity contribution in [3.05, 3.63) is 71.3 Å². The van der Waals surface area contributed by atoms with Gasteiger partial charge in [0, 0.05) is 39.3 Å². The molecule has 1 aliphatic heterocycles. The van der Waals surface area contributed by atoms with Gasteiger partial charge in [-0.3, -0.25) is 4.90 Å². The fourth-order valence-electron chi connectivity index (χ4n) is 3.53. The van der Waals surface area contributed by atoms with Crippen LogP contribution in [0.15, 0.2) is 59.6 Å². The van der Waals surface area contributed by atoms with E-state index in [2.05, 4.69) is 89.9 Å². The fraction of sp³-hybridized carbons (Fsp3) is 0.458. The minimum absolute atomic E-state index is 0.208. The number of aliphatic imine (C=N–C) groups is 1. The Morgan fingerprint density at radius 2 is 1.62 bits per heavy atom.